The van der Waals surface area contributed by atoms with Crippen LogP contribution in [0.5, 0.6) is 0 Å². The summed E-state index contributed by atoms with van der Waals surface area (Å²) in [5.41, 5.74) is 6.13. The normalized spacial score (nSPS) is 11.9. The molecule has 1 rings (SSSR count). The fourth-order valence-corrected chi connectivity index (χ4v) is 0.984. The first-order valence-electron chi connectivity index (χ1n) is 4.31. The molecule has 0 aliphatic heterocycles. The Morgan fingerprint density at radius 3 is 3.14 bits per heavy atom. The molecule has 78 valence electrons. The molecule has 0 aliphatic carbocycles. The number of aryl methyl sites for hydroxylation is 1. The van der Waals surface area contributed by atoms with Gasteiger partial charge >= 0.3 is 0 Å². The van der Waals surface area contributed by atoms with Gasteiger partial charge in [0, 0.05) is 25.6 Å². The summed E-state index contributed by atoms with van der Waals surface area (Å²) in [5.74, 6) is 1.01. The minimum absolute atomic E-state index is 0.217. The molecular formula is C8H14N4O2. The summed E-state index contributed by atoms with van der Waals surface area (Å²) < 4.78 is 4.89. The number of aromatic nitrogens is 1. The van der Waals surface area contributed by atoms with E-state index in [-0.39, 0.29) is 5.84 Å². The van der Waals surface area contributed by atoms with Gasteiger partial charge in [0.15, 0.2) is 0 Å². The highest BCUT2D eigenvalue weighted by Crippen LogP contribution is 2.00. The smallest absolute Gasteiger partial charge is 0.140 e. The fourth-order valence-electron chi connectivity index (χ4n) is 0.984. The summed E-state index contributed by atoms with van der Waals surface area (Å²) in [4.78, 5) is 0. The van der Waals surface area contributed by atoms with Crippen molar-refractivity contribution in [3.8, 4) is 0 Å². The Morgan fingerprint density at radius 2 is 2.57 bits per heavy atom. The third kappa shape index (κ3) is 3.44. The van der Waals surface area contributed by atoms with Crippen LogP contribution in [-0.4, -0.2) is 22.7 Å². The van der Waals surface area contributed by atoms with Crippen molar-refractivity contribution < 1.29 is 9.73 Å². The quantitative estimate of drug-likeness (QED) is 0.206. The Morgan fingerprint density at radius 1 is 1.79 bits per heavy atom. The van der Waals surface area contributed by atoms with Gasteiger partial charge < -0.3 is 20.8 Å². The van der Waals surface area contributed by atoms with Crippen molar-refractivity contribution in [2.75, 3.05) is 6.54 Å². The Kier molecular flexibility index (Phi) is 3.93. The zero-order valence-corrected chi connectivity index (χ0v) is 8.03. The zero-order valence-electron chi connectivity index (χ0n) is 8.03. The second-order valence-electron chi connectivity index (χ2n) is 2.95. The summed E-state index contributed by atoms with van der Waals surface area (Å²) in [6, 6.07) is 1.86. The largest absolute Gasteiger partial charge is 0.409 e. The predicted molar refractivity (Wildman–Crippen MR) is 51.0 cm³/mol. The van der Waals surface area contributed by atoms with Gasteiger partial charge in [-0.05, 0) is 6.92 Å². The van der Waals surface area contributed by atoms with E-state index < -0.39 is 0 Å². The van der Waals surface area contributed by atoms with Gasteiger partial charge in [-0.2, -0.15) is 0 Å². The molecule has 1 aromatic heterocycles. The monoisotopic (exact) mass is 198 g/mol. The summed E-state index contributed by atoms with van der Waals surface area (Å²) >= 11 is 0. The van der Waals surface area contributed by atoms with E-state index in [0.717, 1.165) is 11.5 Å². The standard InChI is InChI=1S/C8H14N4O2/c1-6-4-7(12-14-6)5-10-3-2-8(9)11-13/h4,10,13H,2-3,5H2,1H3,(H2,9,11). The third-order valence-electron chi connectivity index (χ3n) is 1.67. The van der Waals surface area contributed by atoms with Crippen molar-refractivity contribution in [2.24, 2.45) is 10.9 Å². The Bertz CT molecular complexity index is 308. The van der Waals surface area contributed by atoms with Gasteiger partial charge in [-0.3, -0.25) is 0 Å². The minimum atomic E-state index is 0.217. The number of nitrogens with two attached hydrogens (primary N) is 1. The van der Waals surface area contributed by atoms with Gasteiger partial charge in [0.05, 0.1) is 5.69 Å². The molecule has 1 heterocycles. The first-order valence-corrected chi connectivity index (χ1v) is 4.31. The van der Waals surface area contributed by atoms with E-state index in [9.17, 15) is 0 Å². The number of oxime groups is 1. The van der Waals surface area contributed by atoms with Crippen molar-refractivity contribution in [3.63, 3.8) is 0 Å². The molecule has 0 unspecified atom stereocenters. The van der Waals surface area contributed by atoms with Crippen LogP contribution >= 0.6 is 0 Å². The van der Waals surface area contributed by atoms with Crippen LogP contribution in [0.2, 0.25) is 0 Å². The van der Waals surface area contributed by atoms with Crippen molar-refractivity contribution >= 4 is 5.84 Å². The van der Waals surface area contributed by atoms with Crippen molar-refractivity contribution in [3.05, 3.63) is 17.5 Å². The molecule has 6 heteroatoms. The molecule has 1 aromatic rings. The van der Waals surface area contributed by atoms with Crippen LogP contribution in [0, 0.1) is 6.92 Å². The van der Waals surface area contributed by atoms with Gasteiger partial charge in [0.25, 0.3) is 0 Å². The molecule has 0 bridgehead atoms. The lowest BCUT2D eigenvalue weighted by molar-refractivity contribution is 0.316. The molecule has 0 aromatic carbocycles. The first-order chi connectivity index (χ1) is 6.72. The lowest BCUT2D eigenvalue weighted by Crippen LogP contribution is -2.22. The lowest BCUT2D eigenvalue weighted by Gasteiger charge is -2.00. The van der Waals surface area contributed by atoms with E-state index in [0.29, 0.717) is 19.5 Å². The number of amidine groups is 1. The first kappa shape index (κ1) is 10.5. The highest BCUT2D eigenvalue weighted by molar-refractivity contribution is 5.79. The maximum absolute atomic E-state index is 8.26. The third-order valence-corrected chi connectivity index (χ3v) is 1.67. The van der Waals surface area contributed by atoms with E-state index in [1.807, 2.05) is 13.0 Å². The van der Waals surface area contributed by atoms with Gasteiger partial charge in [0.2, 0.25) is 0 Å². The number of nitrogens with zero attached hydrogens (tertiary/aromatic N) is 2. The molecule has 0 amide bonds. The van der Waals surface area contributed by atoms with Crippen LogP contribution in [-0.2, 0) is 6.54 Å². The number of rotatable bonds is 5. The molecule has 0 radical (unpaired) electrons. The molecule has 0 fully saturated rings. The highest BCUT2D eigenvalue weighted by atomic mass is 16.5. The van der Waals surface area contributed by atoms with E-state index >= 15 is 0 Å². The second kappa shape index (κ2) is 5.23. The minimum Gasteiger partial charge on any atom is -0.409 e. The summed E-state index contributed by atoms with van der Waals surface area (Å²) in [7, 11) is 0. The Balaban J connectivity index is 2.16. The maximum Gasteiger partial charge on any atom is 0.140 e. The predicted octanol–water partition coefficient (Wildman–Crippen LogP) is 0.209. The summed E-state index contributed by atoms with van der Waals surface area (Å²) in [6.07, 6.45) is 0.507. The van der Waals surface area contributed by atoms with Crippen LogP contribution in [0.25, 0.3) is 0 Å². The summed E-state index contributed by atoms with van der Waals surface area (Å²) in [5, 5.41) is 18.0. The average molecular weight is 198 g/mol. The molecule has 0 saturated heterocycles. The van der Waals surface area contributed by atoms with Crippen LogP contribution in [0.3, 0.4) is 0 Å². The van der Waals surface area contributed by atoms with Crippen LogP contribution in [0.4, 0.5) is 0 Å². The SMILES string of the molecule is Cc1cc(CNCCC(N)=NO)no1. The molecule has 4 N–H and O–H groups in total. The average Bonchev–Trinajstić information content (AvgIpc) is 2.58. The second-order valence-corrected chi connectivity index (χ2v) is 2.95. The number of hydrogen-bond donors (Lipinski definition) is 3. The van der Waals surface area contributed by atoms with Gasteiger partial charge in [0.1, 0.15) is 11.6 Å². The Hall–Kier alpha value is -1.56. The zero-order chi connectivity index (χ0) is 10.4. The van der Waals surface area contributed by atoms with Gasteiger partial charge in [-0.1, -0.05) is 10.3 Å². The van der Waals surface area contributed by atoms with Crippen molar-refractivity contribution in [1.82, 2.24) is 10.5 Å². The van der Waals surface area contributed by atoms with Crippen LogP contribution < -0.4 is 11.1 Å². The molecule has 0 aliphatic rings. The molecular weight excluding hydrogens is 184 g/mol. The lowest BCUT2D eigenvalue weighted by atomic mass is 10.3. The molecule has 0 atom stereocenters. The molecule has 14 heavy (non-hydrogen) atoms. The van der Waals surface area contributed by atoms with Crippen molar-refractivity contribution in [2.45, 2.75) is 19.9 Å². The topological polar surface area (TPSA) is 96.7 Å². The number of hydrogen-bond acceptors (Lipinski definition) is 5. The van der Waals surface area contributed by atoms with Crippen molar-refractivity contribution in [1.29, 1.82) is 0 Å². The van der Waals surface area contributed by atoms with Crippen LogP contribution in [0.15, 0.2) is 15.7 Å². The molecule has 0 spiro atoms. The van der Waals surface area contributed by atoms with E-state index in [2.05, 4.69) is 15.6 Å². The van der Waals surface area contributed by atoms with Gasteiger partial charge in [-0.15, -0.1) is 0 Å². The molecule has 0 saturated carbocycles. The van der Waals surface area contributed by atoms with E-state index in [4.69, 9.17) is 15.5 Å². The van der Waals surface area contributed by atoms with E-state index in [1.54, 1.807) is 0 Å². The van der Waals surface area contributed by atoms with Gasteiger partial charge in [-0.25, -0.2) is 0 Å². The maximum atomic E-state index is 8.26. The van der Waals surface area contributed by atoms with E-state index in [1.165, 1.54) is 0 Å². The fraction of sp³-hybridized carbons (Fsp3) is 0.500. The summed E-state index contributed by atoms with van der Waals surface area (Å²) in [6.45, 7) is 3.10. The number of nitrogens with one attached hydrogen (secondary N) is 1. The Labute approximate surface area is 81.8 Å². The highest BCUT2D eigenvalue weighted by Gasteiger charge is 1.99. The molecule has 6 nitrogen and oxygen atoms in total. The van der Waals surface area contributed by atoms with Crippen LogP contribution in [0.1, 0.15) is 17.9 Å².